The molecule has 0 radical (unpaired) electrons. The van der Waals surface area contributed by atoms with E-state index in [9.17, 15) is 18.0 Å². The summed E-state index contributed by atoms with van der Waals surface area (Å²) in [7, 11) is 0. The van der Waals surface area contributed by atoms with Gasteiger partial charge in [0.25, 0.3) is 5.91 Å². The van der Waals surface area contributed by atoms with Gasteiger partial charge in [-0.3, -0.25) is 10.2 Å². The number of carbonyl (C=O) groups excluding carboxylic acids is 1. The number of rotatable bonds is 3. The first kappa shape index (κ1) is 16.2. The zero-order valence-electron chi connectivity index (χ0n) is 11.4. The Labute approximate surface area is 128 Å². The Morgan fingerprint density at radius 2 is 2.13 bits per heavy atom. The number of hydrazine groups is 1. The lowest BCUT2D eigenvalue weighted by Crippen LogP contribution is -2.28. The summed E-state index contributed by atoms with van der Waals surface area (Å²) in [5.41, 5.74) is 0.771. The minimum Gasteiger partial charge on any atom is -0.291 e. The van der Waals surface area contributed by atoms with Gasteiger partial charge in [-0.1, -0.05) is 0 Å². The standard InChI is InChI=1S/C13H9F3N6O/c1-18-10-5-8(4-9(6-10)13(14,15)16)12-19-7-22(21-12)3-2-11(23)20-17/h2-7H,17H2,(H,20,23)/b3-2-. The minimum atomic E-state index is -4.59. The third-order valence-corrected chi connectivity index (χ3v) is 2.66. The number of carbonyl (C=O) groups is 1. The van der Waals surface area contributed by atoms with E-state index in [0.717, 1.165) is 22.9 Å². The fourth-order valence-corrected chi connectivity index (χ4v) is 1.64. The molecule has 2 rings (SSSR count). The van der Waals surface area contributed by atoms with Crippen LogP contribution in [0.2, 0.25) is 0 Å². The van der Waals surface area contributed by atoms with E-state index in [4.69, 9.17) is 12.4 Å². The Kier molecular flexibility index (Phi) is 4.42. The predicted octanol–water partition coefficient (Wildman–Crippen LogP) is 1.98. The van der Waals surface area contributed by atoms with E-state index in [2.05, 4.69) is 14.9 Å². The van der Waals surface area contributed by atoms with Crippen molar-refractivity contribution in [3.63, 3.8) is 0 Å². The Balaban J connectivity index is 2.39. The Hall–Kier alpha value is -3.19. The van der Waals surface area contributed by atoms with Gasteiger partial charge in [0.05, 0.1) is 6.57 Å². The van der Waals surface area contributed by atoms with Crippen molar-refractivity contribution in [3.8, 4) is 11.4 Å². The number of hydrogen-bond acceptors (Lipinski definition) is 4. The highest BCUT2D eigenvalue weighted by Crippen LogP contribution is 2.34. The molecule has 10 heteroatoms. The normalized spacial score (nSPS) is 11.4. The molecule has 118 valence electrons. The summed E-state index contributed by atoms with van der Waals surface area (Å²) in [6.45, 7) is 6.89. The molecule has 1 heterocycles. The Morgan fingerprint density at radius 1 is 1.39 bits per heavy atom. The van der Waals surface area contributed by atoms with Crippen LogP contribution in [0.25, 0.3) is 22.4 Å². The van der Waals surface area contributed by atoms with E-state index in [1.54, 1.807) is 0 Å². The highest BCUT2D eigenvalue weighted by molar-refractivity contribution is 5.89. The molecule has 0 saturated heterocycles. The summed E-state index contributed by atoms with van der Waals surface area (Å²) in [6.07, 6.45) is -1.10. The third-order valence-electron chi connectivity index (χ3n) is 2.66. The van der Waals surface area contributed by atoms with Gasteiger partial charge in [-0.2, -0.15) is 13.2 Å². The zero-order chi connectivity index (χ0) is 17.0. The van der Waals surface area contributed by atoms with Gasteiger partial charge in [-0.05, 0) is 18.2 Å². The summed E-state index contributed by atoms with van der Waals surface area (Å²) < 4.78 is 39.6. The van der Waals surface area contributed by atoms with Gasteiger partial charge in [-0.25, -0.2) is 20.4 Å². The molecule has 2 aromatic rings. The molecule has 23 heavy (non-hydrogen) atoms. The van der Waals surface area contributed by atoms with Crippen molar-refractivity contribution in [2.24, 2.45) is 5.84 Å². The van der Waals surface area contributed by atoms with Crippen LogP contribution in [0.15, 0.2) is 30.6 Å². The molecule has 0 aliphatic carbocycles. The predicted molar refractivity (Wildman–Crippen MR) is 74.4 cm³/mol. The van der Waals surface area contributed by atoms with Crippen LogP contribution < -0.4 is 11.3 Å². The average Bonchev–Trinajstić information content (AvgIpc) is 3.00. The molecule has 0 unspecified atom stereocenters. The Bertz CT molecular complexity index is 803. The van der Waals surface area contributed by atoms with Gasteiger partial charge in [-0.15, -0.1) is 5.10 Å². The van der Waals surface area contributed by atoms with E-state index in [1.165, 1.54) is 18.6 Å². The van der Waals surface area contributed by atoms with Crippen molar-refractivity contribution in [2.75, 3.05) is 0 Å². The van der Waals surface area contributed by atoms with E-state index in [-0.39, 0.29) is 17.1 Å². The highest BCUT2D eigenvalue weighted by Gasteiger charge is 2.31. The van der Waals surface area contributed by atoms with Crippen molar-refractivity contribution in [3.05, 3.63) is 47.6 Å². The van der Waals surface area contributed by atoms with E-state index >= 15 is 0 Å². The summed E-state index contributed by atoms with van der Waals surface area (Å²) in [5, 5.41) is 3.91. The smallest absolute Gasteiger partial charge is 0.291 e. The number of aromatic nitrogens is 3. The van der Waals surface area contributed by atoms with Gasteiger partial charge in [0.1, 0.15) is 6.33 Å². The summed E-state index contributed by atoms with van der Waals surface area (Å²) >= 11 is 0. The highest BCUT2D eigenvalue weighted by atomic mass is 19.4. The molecule has 0 bridgehead atoms. The van der Waals surface area contributed by atoms with Crippen LogP contribution in [0.1, 0.15) is 5.56 Å². The number of nitrogens with zero attached hydrogens (tertiary/aromatic N) is 4. The van der Waals surface area contributed by atoms with Gasteiger partial charge >= 0.3 is 6.18 Å². The van der Waals surface area contributed by atoms with Crippen LogP contribution in [0.5, 0.6) is 0 Å². The fraction of sp³-hybridized carbons (Fsp3) is 0.0769. The van der Waals surface area contributed by atoms with Gasteiger partial charge in [0, 0.05) is 23.4 Å². The molecule has 0 atom stereocenters. The molecular formula is C13H9F3N6O. The van der Waals surface area contributed by atoms with Crippen LogP contribution in [-0.4, -0.2) is 20.7 Å². The maximum atomic E-state index is 12.8. The average molecular weight is 322 g/mol. The maximum absolute atomic E-state index is 12.8. The number of halogens is 3. The molecule has 0 aliphatic rings. The van der Waals surface area contributed by atoms with Gasteiger partial charge in [0.2, 0.25) is 0 Å². The van der Waals surface area contributed by atoms with Gasteiger partial charge in [0.15, 0.2) is 11.5 Å². The molecule has 1 amide bonds. The van der Waals surface area contributed by atoms with Crippen LogP contribution in [0.3, 0.4) is 0 Å². The summed E-state index contributed by atoms with van der Waals surface area (Å²) in [6, 6.07) is 2.85. The monoisotopic (exact) mass is 322 g/mol. The van der Waals surface area contributed by atoms with Crippen LogP contribution in [-0.2, 0) is 11.0 Å². The second-order valence-corrected chi connectivity index (χ2v) is 4.25. The molecule has 1 aromatic heterocycles. The van der Waals surface area contributed by atoms with E-state index < -0.39 is 17.6 Å². The molecule has 0 fully saturated rings. The SMILES string of the molecule is [C-]#[N+]c1cc(-c2ncn(/C=C\C(=O)NN)n2)cc(C(F)(F)F)c1. The van der Waals surface area contributed by atoms with Crippen molar-refractivity contribution in [1.82, 2.24) is 20.2 Å². The number of nitrogens with two attached hydrogens (primary N) is 1. The molecule has 1 aromatic carbocycles. The Morgan fingerprint density at radius 3 is 2.74 bits per heavy atom. The summed E-state index contributed by atoms with van der Waals surface area (Å²) in [4.78, 5) is 17.8. The minimum absolute atomic E-state index is 0.0150. The largest absolute Gasteiger partial charge is 0.415 e. The molecular weight excluding hydrogens is 313 g/mol. The number of nitrogens with one attached hydrogen (secondary N) is 1. The summed E-state index contributed by atoms with van der Waals surface area (Å²) in [5.74, 6) is 4.29. The lowest BCUT2D eigenvalue weighted by molar-refractivity contribution is -0.137. The van der Waals surface area contributed by atoms with Crippen LogP contribution in [0.4, 0.5) is 18.9 Å². The fourth-order valence-electron chi connectivity index (χ4n) is 1.64. The molecule has 3 N–H and O–H groups in total. The van der Waals surface area contributed by atoms with Gasteiger partial charge < -0.3 is 0 Å². The molecule has 7 nitrogen and oxygen atoms in total. The number of alkyl halides is 3. The van der Waals surface area contributed by atoms with Crippen molar-refractivity contribution in [1.29, 1.82) is 0 Å². The van der Waals surface area contributed by atoms with Crippen LogP contribution >= 0.6 is 0 Å². The second-order valence-electron chi connectivity index (χ2n) is 4.25. The van der Waals surface area contributed by atoms with Crippen molar-refractivity contribution in [2.45, 2.75) is 6.18 Å². The second kappa shape index (κ2) is 6.29. The van der Waals surface area contributed by atoms with Crippen molar-refractivity contribution < 1.29 is 18.0 Å². The molecule has 0 spiro atoms. The molecule has 0 saturated carbocycles. The topological polar surface area (TPSA) is 90.2 Å². The lowest BCUT2D eigenvalue weighted by atomic mass is 10.1. The van der Waals surface area contributed by atoms with Crippen molar-refractivity contribution >= 4 is 17.8 Å². The molecule has 0 aliphatic heterocycles. The van der Waals surface area contributed by atoms with E-state index in [1.807, 2.05) is 5.43 Å². The quantitative estimate of drug-likeness (QED) is 0.297. The zero-order valence-corrected chi connectivity index (χ0v) is 11.4. The first-order valence-electron chi connectivity index (χ1n) is 6.03. The number of hydrogen-bond donors (Lipinski definition) is 2. The lowest BCUT2D eigenvalue weighted by Gasteiger charge is -2.08. The number of amides is 1. The van der Waals surface area contributed by atoms with E-state index in [0.29, 0.717) is 0 Å². The third kappa shape index (κ3) is 3.92. The number of benzene rings is 1. The maximum Gasteiger partial charge on any atom is 0.415 e. The first-order chi connectivity index (χ1) is 10.8. The first-order valence-corrected chi connectivity index (χ1v) is 6.03. The van der Waals surface area contributed by atoms with Crippen LogP contribution in [0, 0.1) is 6.57 Å².